The van der Waals surface area contributed by atoms with Crippen molar-refractivity contribution in [3.63, 3.8) is 0 Å². The number of carbonyl (C=O) groups is 1. The van der Waals surface area contributed by atoms with Gasteiger partial charge < -0.3 is 0 Å². The number of aromatic nitrogens is 2. The van der Waals surface area contributed by atoms with Gasteiger partial charge in [-0.25, -0.2) is 9.97 Å². The molecule has 148 valence electrons. The van der Waals surface area contributed by atoms with Gasteiger partial charge in [0.05, 0.1) is 10.6 Å². The quantitative estimate of drug-likeness (QED) is 0.220. The van der Waals surface area contributed by atoms with Crippen molar-refractivity contribution in [1.82, 2.24) is 9.97 Å². The molecule has 0 saturated carbocycles. The first-order chi connectivity index (χ1) is 13.7. The monoisotopic (exact) mass is 439 g/mol. The second kappa shape index (κ2) is 8.18. The Balaban J connectivity index is 2.07. The number of halogens is 4. The molecule has 6 nitrogen and oxygen atoms in total. The Kier molecular flexibility index (Phi) is 5.85. The second-order valence-electron chi connectivity index (χ2n) is 5.62. The molecular formula is C18H9ClF3N3O3S. The van der Waals surface area contributed by atoms with E-state index in [9.17, 15) is 28.1 Å². The molecule has 0 amide bonds. The van der Waals surface area contributed by atoms with E-state index in [1.54, 1.807) is 0 Å². The number of hydrogen-bond donors (Lipinski definition) is 0. The van der Waals surface area contributed by atoms with Crippen LogP contribution in [0, 0.1) is 10.1 Å². The smallest absolute Gasteiger partial charge is 0.298 e. The Morgan fingerprint density at radius 2 is 1.76 bits per heavy atom. The number of nitrogens with zero attached hydrogens (tertiary/aromatic N) is 3. The minimum Gasteiger partial charge on any atom is -0.298 e. The SMILES string of the molecule is O=Cc1cc([N+](=O)[O-])ccc1Sc1nc(-c2ccc(Cl)cc2)cc(C(F)(F)F)n1. The third-order valence-electron chi connectivity index (χ3n) is 3.67. The summed E-state index contributed by atoms with van der Waals surface area (Å²) >= 11 is 6.51. The summed E-state index contributed by atoms with van der Waals surface area (Å²) in [5.41, 5.74) is -1.12. The van der Waals surface area contributed by atoms with Crippen molar-refractivity contribution in [2.75, 3.05) is 0 Å². The normalized spacial score (nSPS) is 11.3. The van der Waals surface area contributed by atoms with Gasteiger partial charge in [0.1, 0.15) is 5.69 Å². The van der Waals surface area contributed by atoms with Crippen molar-refractivity contribution in [2.45, 2.75) is 16.2 Å². The minimum atomic E-state index is -4.72. The third kappa shape index (κ3) is 4.90. The minimum absolute atomic E-state index is 0.0149. The zero-order chi connectivity index (χ0) is 21.2. The maximum atomic E-state index is 13.3. The van der Waals surface area contributed by atoms with Crippen molar-refractivity contribution in [2.24, 2.45) is 0 Å². The summed E-state index contributed by atoms with van der Waals surface area (Å²) in [7, 11) is 0. The number of non-ortho nitro benzene ring substituents is 1. The van der Waals surface area contributed by atoms with Crippen molar-refractivity contribution in [3.8, 4) is 11.3 Å². The zero-order valence-corrected chi connectivity index (χ0v) is 15.8. The Morgan fingerprint density at radius 3 is 2.34 bits per heavy atom. The molecule has 0 atom stereocenters. The number of benzene rings is 2. The molecule has 0 fully saturated rings. The van der Waals surface area contributed by atoms with E-state index in [2.05, 4.69) is 9.97 Å². The molecule has 0 aliphatic carbocycles. The van der Waals surface area contributed by atoms with Crippen molar-refractivity contribution < 1.29 is 22.9 Å². The zero-order valence-electron chi connectivity index (χ0n) is 14.2. The number of nitro groups is 1. The van der Waals surface area contributed by atoms with Gasteiger partial charge in [-0.2, -0.15) is 13.2 Å². The molecule has 0 bridgehead atoms. The number of rotatable bonds is 5. The second-order valence-corrected chi connectivity index (χ2v) is 7.07. The van der Waals surface area contributed by atoms with E-state index >= 15 is 0 Å². The van der Waals surface area contributed by atoms with Gasteiger partial charge in [-0.05, 0) is 36.0 Å². The lowest BCUT2D eigenvalue weighted by molar-refractivity contribution is -0.384. The van der Waals surface area contributed by atoms with Gasteiger partial charge in [0.15, 0.2) is 11.4 Å². The lowest BCUT2D eigenvalue weighted by Crippen LogP contribution is -2.10. The van der Waals surface area contributed by atoms with Crippen LogP contribution in [0.3, 0.4) is 0 Å². The largest absolute Gasteiger partial charge is 0.433 e. The summed E-state index contributed by atoms with van der Waals surface area (Å²) in [4.78, 5) is 29.3. The molecule has 1 aromatic heterocycles. The van der Waals surface area contributed by atoms with Gasteiger partial charge in [0.25, 0.3) is 5.69 Å². The van der Waals surface area contributed by atoms with E-state index < -0.39 is 16.8 Å². The van der Waals surface area contributed by atoms with Crippen LogP contribution in [0.1, 0.15) is 16.1 Å². The average Bonchev–Trinajstić information content (AvgIpc) is 2.67. The molecule has 0 spiro atoms. The number of carbonyl (C=O) groups excluding carboxylic acids is 1. The maximum Gasteiger partial charge on any atom is 0.433 e. The predicted molar refractivity (Wildman–Crippen MR) is 100 cm³/mol. The summed E-state index contributed by atoms with van der Waals surface area (Å²) in [6.07, 6.45) is -4.34. The molecule has 3 aromatic rings. The average molecular weight is 440 g/mol. The number of aldehydes is 1. The van der Waals surface area contributed by atoms with E-state index in [1.165, 1.54) is 30.3 Å². The summed E-state index contributed by atoms with van der Waals surface area (Å²) < 4.78 is 39.9. The summed E-state index contributed by atoms with van der Waals surface area (Å²) in [6, 6.07) is 10.3. The summed E-state index contributed by atoms with van der Waals surface area (Å²) in [6.45, 7) is 0. The topological polar surface area (TPSA) is 86.0 Å². The van der Waals surface area contributed by atoms with E-state index in [0.29, 0.717) is 28.6 Å². The number of hydrogen-bond acceptors (Lipinski definition) is 6. The fraction of sp³-hybridized carbons (Fsp3) is 0.0556. The fourth-order valence-electron chi connectivity index (χ4n) is 2.32. The molecule has 2 aromatic carbocycles. The van der Waals surface area contributed by atoms with Crippen LogP contribution in [0.25, 0.3) is 11.3 Å². The molecule has 0 N–H and O–H groups in total. The van der Waals surface area contributed by atoms with Crippen LogP contribution in [-0.2, 0) is 6.18 Å². The molecule has 29 heavy (non-hydrogen) atoms. The highest BCUT2D eigenvalue weighted by Crippen LogP contribution is 2.35. The van der Waals surface area contributed by atoms with Crippen LogP contribution in [0.5, 0.6) is 0 Å². The van der Waals surface area contributed by atoms with Crippen molar-refractivity contribution >= 4 is 35.3 Å². The van der Waals surface area contributed by atoms with Crippen LogP contribution in [-0.4, -0.2) is 21.2 Å². The molecule has 0 aliphatic rings. The predicted octanol–water partition coefficient (Wildman–Crippen LogP) is 5.69. The van der Waals surface area contributed by atoms with Gasteiger partial charge in [0, 0.05) is 33.2 Å². The van der Waals surface area contributed by atoms with Crippen molar-refractivity contribution in [3.05, 3.63) is 74.9 Å². The molecule has 0 unspecified atom stereocenters. The number of nitro benzene ring substituents is 1. The lowest BCUT2D eigenvalue weighted by atomic mass is 10.1. The maximum absolute atomic E-state index is 13.3. The highest BCUT2D eigenvalue weighted by Gasteiger charge is 2.34. The highest BCUT2D eigenvalue weighted by molar-refractivity contribution is 7.99. The lowest BCUT2D eigenvalue weighted by Gasteiger charge is -2.11. The Morgan fingerprint density at radius 1 is 1.07 bits per heavy atom. The first-order valence-corrected chi connectivity index (χ1v) is 9.00. The standard InChI is InChI=1S/C18H9ClF3N3O3S/c19-12-3-1-10(2-4-12)14-8-16(18(20,21)22)24-17(23-14)29-15-6-5-13(25(27)28)7-11(15)9-26/h1-9H. The highest BCUT2D eigenvalue weighted by atomic mass is 35.5. The third-order valence-corrected chi connectivity index (χ3v) is 4.88. The Hall–Kier alpha value is -2.98. The van der Waals surface area contributed by atoms with Crippen LogP contribution in [0.15, 0.2) is 58.6 Å². The van der Waals surface area contributed by atoms with Crippen molar-refractivity contribution in [1.29, 1.82) is 0 Å². The van der Waals surface area contributed by atoms with Crippen LogP contribution in [0.2, 0.25) is 5.02 Å². The van der Waals surface area contributed by atoms with E-state index in [4.69, 9.17) is 11.6 Å². The molecule has 0 saturated heterocycles. The molecule has 11 heteroatoms. The van der Waals surface area contributed by atoms with E-state index in [0.717, 1.165) is 18.2 Å². The van der Waals surface area contributed by atoms with Gasteiger partial charge in [-0.1, -0.05) is 23.7 Å². The Labute approximate surface area is 170 Å². The first kappa shape index (κ1) is 20.7. The van der Waals surface area contributed by atoms with Gasteiger partial charge >= 0.3 is 6.18 Å². The first-order valence-electron chi connectivity index (χ1n) is 7.81. The molecule has 1 heterocycles. The van der Waals surface area contributed by atoms with E-state index in [-0.39, 0.29) is 27.0 Å². The molecular weight excluding hydrogens is 431 g/mol. The summed E-state index contributed by atoms with van der Waals surface area (Å²) in [5.74, 6) is 0. The number of alkyl halides is 3. The van der Waals surface area contributed by atoms with Gasteiger partial charge in [-0.15, -0.1) is 0 Å². The fourth-order valence-corrected chi connectivity index (χ4v) is 3.29. The molecule has 0 radical (unpaired) electrons. The van der Waals surface area contributed by atoms with Crippen LogP contribution >= 0.6 is 23.4 Å². The van der Waals surface area contributed by atoms with Crippen LogP contribution in [0.4, 0.5) is 18.9 Å². The molecule has 3 rings (SSSR count). The van der Waals surface area contributed by atoms with Gasteiger partial charge in [0.2, 0.25) is 0 Å². The van der Waals surface area contributed by atoms with E-state index in [1.807, 2.05) is 0 Å². The summed E-state index contributed by atoms with van der Waals surface area (Å²) in [5, 5.41) is 11.0. The van der Waals surface area contributed by atoms with Gasteiger partial charge in [-0.3, -0.25) is 14.9 Å². The molecule has 0 aliphatic heterocycles. The Bertz CT molecular complexity index is 1090. The van der Waals surface area contributed by atoms with Crippen LogP contribution < -0.4 is 0 Å².